The van der Waals surface area contributed by atoms with Crippen molar-refractivity contribution < 1.29 is 4.74 Å². The number of benzene rings is 1. The lowest BCUT2D eigenvalue weighted by molar-refractivity contribution is 0.173. The van der Waals surface area contributed by atoms with Crippen LogP contribution in [0, 0.1) is 0 Å². The lowest BCUT2D eigenvalue weighted by Crippen LogP contribution is -2.30. The highest BCUT2D eigenvalue weighted by molar-refractivity contribution is 9.10. The Labute approximate surface area is 134 Å². The van der Waals surface area contributed by atoms with Crippen LogP contribution in [-0.4, -0.2) is 11.0 Å². The van der Waals surface area contributed by atoms with Crippen molar-refractivity contribution in [2.24, 2.45) is 5.73 Å². The third-order valence-electron chi connectivity index (χ3n) is 3.30. The predicted octanol–water partition coefficient (Wildman–Crippen LogP) is 4.43. The Morgan fingerprint density at radius 3 is 2.48 bits per heavy atom. The van der Waals surface area contributed by atoms with E-state index in [9.17, 15) is 0 Å². The van der Waals surface area contributed by atoms with E-state index in [0.29, 0.717) is 5.92 Å². The molecule has 0 saturated carbocycles. The molecule has 1 heterocycles. The maximum atomic E-state index is 6.20. The highest BCUT2D eigenvalue weighted by Gasteiger charge is 2.21. The fourth-order valence-corrected chi connectivity index (χ4v) is 2.57. The van der Waals surface area contributed by atoms with Gasteiger partial charge in [-0.2, -0.15) is 0 Å². The number of nitrogens with zero attached hydrogens (tertiary/aromatic N) is 1. The van der Waals surface area contributed by atoms with Crippen LogP contribution in [0.3, 0.4) is 0 Å². The molecular formula is C17H21BrN2O. The summed E-state index contributed by atoms with van der Waals surface area (Å²) in [5.41, 5.74) is 8.11. The van der Waals surface area contributed by atoms with Crippen molar-refractivity contribution in [1.82, 2.24) is 4.98 Å². The monoisotopic (exact) mass is 348 g/mol. The number of nitrogens with two attached hydrogens (primary N) is 1. The van der Waals surface area contributed by atoms with Crippen LogP contribution in [0.2, 0.25) is 0 Å². The van der Waals surface area contributed by atoms with Crippen LogP contribution < -0.4 is 10.5 Å². The molecule has 3 nitrogen and oxygen atoms in total. The number of hydrogen-bond donors (Lipinski definition) is 1. The smallest absolute Gasteiger partial charge is 0.155 e. The van der Waals surface area contributed by atoms with Gasteiger partial charge in [-0.3, -0.25) is 4.98 Å². The van der Waals surface area contributed by atoms with Crippen molar-refractivity contribution in [3.8, 4) is 5.75 Å². The molecule has 0 bridgehead atoms. The lowest BCUT2D eigenvalue weighted by Gasteiger charge is -2.24. The molecule has 2 aromatic rings. The van der Waals surface area contributed by atoms with Gasteiger partial charge in [0.1, 0.15) is 5.75 Å². The van der Waals surface area contributed by atoms with E-state index < -0.39 is 0 Å². The van der Waals surface area contributed by atoms with E-state index in [0.717, 1.165) is 21.5 Å². The third kappa shape index (κ3) is 4.05. The maximum Gasteiger partial charge on any atom is 0.155 e. The Balaban J connectivity index is 2.34. The molecule has 0 aliphatic heterocycles. The molecule has 0 fully saturated rings. The minimum absolute atomic E-state index is 0.149. The second kappa shape index (κ2) is 7.05. The van der Waals surface area contributed by atoms with Gasteiger partial charge >= 0.3 is 0 Å². The first kappa shape index (κ1) is 16.0. The Morgan fingerprint density at radius 2 is 1.90 bits per heavy atom. The van der Waals surface area contributed by atoms with Gasteiger partial charge in [-0.15, -0.1) is 0 Å². The van der Waals surface area contributed by atoms with E-state index in [1.165, 1.54) is 0 Å². The molecule has 2 unspecified atom stereocenters. The quantitative estimate of drug-likeness (QED) is 0.868. The Hall–Kier alpha value is -1.39. The van der Waals surface area contributed by atoms with Gasteiger partial charge in [0.25, 0.3) is 0 Å². The highest BCUT2D eigenvalue weighted by Crippen LogP contribution is 2.33. The van der Waals surface area contributed by atoms with E-state index in [-0.39, 0.29) is 12.1 Å². The first-order valence-electron chi connectivity index (χ1n) is 7.11. The van der Waals surface area contributed by atoms with Crippen LogP contribution in [0.1, 0.15) is 44.1 Å². The molecule has 0 aliphatic rings. The SMILES string of the molecule is CC(C)c1cc(Br)ccc1OC(c1ccccn1)C(C)N. The average Bonchev–Trinajstić information content (AvgIpc) is 2.46. The summed E-state index contributed by atoms with van der Waals surface area (Å²) in [7, 11) is 0. The summed E-state index contributed by atoms with van der Waals surface area (Å²) in [5.74, 6) is 1.23. The molecule has 2 atom stereocenters. The van der Waals surface area contributed by atoms with Crippen LogP contribution in [0.25, 0.3) is 0 Å². The van der Waals surface area contributed by atoms with E-state index >= 15 is 0 Å². The topological polar surface area (TPSA) is 48.1 Å². The summed E-state index contributed by atoms with van der Waals surface area (Å²) in [6, 6.07) is 11.7. The second-order valence-corrected chi connectivity index (χ2v) is 6.40. The fourth-order valence-electron chi connectivity index (χ4n) is 2.20. The van der Waals surface area contributed by atoms with Gasteiger partial charge in [0.2, 0.25) is 0 Å². The van der Waals surface area contributed by atoms with Crippen LogP contribution in [0.4, 0.5) is 0 Å². The molecule has 2 N–H and O–H groups in total. The molecular weight excluding hydrogens is 328 g/mol. The van der Waals surface area contributed by atoms with Gasteiger partial charge in [0, 0.05) is 16.7 Å². The first-order chi connectivity index (χ1) is 9.99. The Kier molecular flexibility index (Phi) is 5.37. The zero-order chi connectivity index (χ0) is 15.4. The van der Waals surface area contributed by atoms with Crippen LogP contribution in [0.15, 0.2) is 47.1 Å². The molecule has 1 aromatic carbocycles. The number of rotatable bonds is 5. The van der Waals surface area contributed by atoms with Crippen molar-refractivity contribution in [3.63, 3.8) is 0 Å². The summed E-state index contributed by atoms with van der Waals surface area (Å²) >= 11 is 3.51. The molecule has 112 valence electrons. The lowest BCUT2D eigenvalue weighted by atomic mass is 10.0. The summed E-state index contributed by atoms with van der Waals surface area (Å²) < 4.78 is 7.25. The van der Waals surface area contributed by atoms with Crippen molar-refractivity contribution in [3.05, 3.63) is 58.3 Å². The number of ether oxygens (including phenoxy) is 1. The summed E-state index contributed by atoms with van der Waals surface area (Å²) in [6.07, 6.45) is 1.50. The van der Waals surface area contributed by atoms with Gasteiger partial charge in [0.05, 0.1) is 5.69 Å². The normalized spacial score (nSPS) is 14.0. The average molecular weight is 349 g/mol. The molecule has 0 radical (unpaired) electrons. The van der Waals surface area contributed by atoms with E-state index in [2.05, 4.69) is 40.8 Å². The van der Waals surface area contributed by atoms with Crippen LogP contribution in [0.5, 0.6) is 5.75 Å². The van der Waals surface area contributed by atoms with E-state index in [1.807, 2.05) is 37.3 Å². The number of pyridine rings is 1. The number of hydrogen-bond acceptors (Lipinski definition) is 3. The number of halogens is 1. The van der Waals surface area contributed by atoms with Gasteiger partial charge in [-0.25, -0.2) is 0 Å². The Morgan fingerprint density at radius 1 is 1.14 bits per heavy atom. The van der Waals surface area contributed by atoms with Crippen molar-refractivity contribution in [1.29, 1.82) is 0 Å². The number of aromatic nitrogens is 1. The first-order valence-corrected chi connectivity index (χ1v) is 7.91. The standard InChI is InChI=1S/C17H21BrN2O/c1-11(2)14-10-13(18)7-8-16(14)21-17(12(3)19)15-6-4-5-9-20-15/h4-12,17H,19H2,1-3H3. The van der Waals surface area contributed by atoms with Gasteiger partial charge in [-0.1, -0.05) is 35.8 Å². The third-order valence-corrected chi connectivity index (χ3v) is 3.80. The minimum Gasteiger partial charge on any atom is -0.482 e. The highest BCUT2D eigenvalue weighted by atomic mass is 79.9. The van der Waals surface area contributed by atoms with E-state index in [4.69, 9.17) is 10.5 Å². The van der Waals surface area contributed by atoms with Crippen LogP contribution in [-0.2, 0) is 0 Å². The molecule has 1 aromatic heterocycles. The summed E-state index contributed by atoms with van der Waals surface area (Å²) in [5, 5.41) is 0. The molecule has 4 heteroatoms. The van der Waals surface area contributed by atoms with Crippen molar-refractivity contribution in [2.75, 3.05) is 0 Å². The van der Waals surface area contributed by atoms with E-state index in [1.54, 1.807) is 6.20 Å². The molecule has 0 saturated heterocycles. The van der Waals surface area contributed by atoms with Gasteiger partial charge in [0.15, 0.2) is 6.10 Å². The minimum atomic E-state index is -0.259. The summed E-state index contributed by atoms with van der Waals surface area (Å²) in [4.78, 5) is 4.37. The van der Waals surface area contributed by atoms with Crippen molar-refractivity contribution >= 4 is 15.9 Å². The Bertz CT molecular complexity index is 585. The van der Waals surface area contributed by atoms with Crippen molar-refractivity contribution in [2.45, 2.75) is 38.8 Å². The zero-order valence-electron chi connectivity index (χ0n) is 12.6. The molecule has 2 rings (SSSR count). The van der Waals surface area contributed by atoms with Crippen LogP contribution >= 0.6 is 15.9 Å². The molecule has 0 aliphatic carbocycles. The molecule has 21 heavy (non-hydrogen) atoms. The van der Waals surface area contributed by atoms with Gasteiger partial charge in [-0.05, 0) is 48.7 Å². The molecule has 0 spiro atoms. The fraction of sp³-hybridized carbons (Fsp3) is 0.353. The predicted molar refractivity (Wildman–Crippen MR) is 89.5 cm³/mol. The summed E-state index contributed by atoms with van der Waals surface area (Å²) in [6.45, 7) is 6.24. The second-order valence-electron chi connectivity index (χ2n) is 5.49. The zero-order valence-corrected chi connectivity index (χ0v) is 14.2. The maximum absolute atomic E-state index is 6.20. The molecule has 0 amide bonds. The largest absolute Gasteiger partial charge is 0.482 e. The van der Waals surface area contributed by atoms with Gasteiger partial charge < -0.3 is 10.5 Å².